The minimum Gasteiger partial charge on any atom is -0.303 e. The molecule has 0 heterocycles. The molecule has 0 aliphatic heterocycles. The number of aldehydes is 1. The molecular weight excluding hydrogens is 272 g/mol. The molecule has 0 N–H and O–H groups in total. The Hall–Kier alpha value is 0.370. The highest BCUT2D eigenvalue weighted by Crippen LogP contribution is 2.58. The lowest BCUT2D eigenvalue weighted by atomic mass is 10.1. The van der Waals surface area contributed by atoms with Crippen LogP contribution >= 0.6 is 31.9 Å². The molecule has 0 spiro atoms. The molecule has 1 saturated carbocycles. The van der Waals surface area contributed by atoms with E-state index in [4.69, 9.17) is 0 Å². The van der Waals surface area contributed by atoms with E-state index in [9.17, 15) is 4.79 Å². The second kappa shape index (κ2) is 3.02. The predicted molar refractivity (Wildman–Crippen MR) is 52.8 cm³/mol. The van der Waals surface area contributed by atoms with Gasteiger partial charge in [0.1, 0.15) is 6.29 Å². The van der Waals surface area contributed by atoms with Crippen LogP contribution in [0.25, 0.3) is 0 Å². The number of hydrogen-bond donors (Lipinski definition) is 0. The van der Waals surface area contributed by atoms with Crippen molar-refractivity contribution in [2.75, 3.05) is 0 Å². The highest BCUT2D eigenvalue weighted by atomic mass is 79.9. The summed E-state index contributed by atoms with van der Waals surface area (Å²) in [4.78, 5) is 10.5. The van der Waals surface area contributed by atoms with E-state index >= 15 is 0 Å². The zero-order valence-electron chi connectivity index (χ0n) is 6.47. The maximum atomic E-state index is 10.5. The molecule has 1 aliphatic carbocycles. The van der Waals surface area contributed by atoms with Gasteiger partial charge in [0.05, 0.1) is 3.39 Å². The molecule has 3 heteroatoms. The van der Waals surface area contributed by atoms with E-state index in [1.807, 2.05) is 6.08 Å². The number of carbonyl (C=O) groups is 1. The lowest BCUT2D eigenvalue weighted by Crippen LogP contribution is -1.89. The molecule has 1 rings (SSSR count). The Balaban J connectivity index is 2.67. The third-order valence-electron chi connectivity index (χ3n) is 2.45. The SMILES string of the molecule is CC1(C)C(C=O)C1C=C(Br)Br. The van der Waals surface area contributed by atoms with Crippen molar-refractivity contribution < 1.29 is 4.79 Å². The standard InChI is InChI=1S/C8H10Br2O/c1-8(2)5(3-7(9)10)6(8)4-11/h3-6H,1-2H3. The van der Waals surface area contributed by atoms with Gasteiger partial charge in [-0.25, -0.2) is 0 Å². The van der Waals surface area contributed by atoms with E-state index < -0.39 is 0 Å². The van der Waals surface area contributed by atoms with Crippen molar-refractivity contribution in [3.05, 3.63) is 9.47 Å². The monoisotopic (exact) mass is 280 g/mol. The molecule has 2 unspecified atom stereocenters. The van der Waals surface area contributed by atoms with E-state index in [0.717, 1.165) is 9.68 Å². The average Bonchev–Trinajstić information content (AvgIpc) is 2.33. The molecule has 1 aliphatic rings. The summed E-state index contributed by atoms with van der Waals surface area (Å²) < 4.78 is 0.937. The first kappa shape index (κ1) is 9.46. The van der Waals surface area contributed by atoms with Gasteiger partial charge in [-0.15, -0.1) is 0 Å². The molecule has 0 radical (unpaired) electrons. The summed E-state index contributed by atoms with van der Waals surface area (Å²) in [5.74, 6) is 0.598. The summed E-state index contributed by atoms with van der Waals surface area (Å²) in [6.07, 6.45) is 3.09. The first-order valence-electron chi connectivity index (χ1n) is 3.48. The van der Waals surface area contributed by atoms with Crippen molar-refractivity contribution in [2.24, 2.45) is 17.3 Å². The Kier molecular flexibility index (Phi) is 2.59. The fourth-order valence-electron chi connectivity index (χ4n) is 1.43. The molecular formula is C8H10Br2O. The minimum absolute atomic E-state index is 0.161. The van der Waals surface area contributed by atoms with Crippen LogP contribution in [0, 0.1) is 17.3 Å². The number of hydrogen-bond acceptors (Lipinski definition) is 1. The van der Waals surface area contributed by atoms with Crippen molar-refractivity contribution in [3.8, 4) is 0 Å². The first-order chi connectivity index (χ1) is 5.00. The summed E-state index contributed by atoms with van der Waals surface area (Å²) in [6.45, 7) is 4.21. The molecule has 11 heavy (non-hydrogen) atoms. The number of rotatable bonds is 2. The summed E-state index contributed by atoms with van der Waals surface area (Å²) in [5, 5.41) is 0. The smallest absolute Gasteiger partial charge is 0.124 e. The number of allylic oxidation sites excluding steroid dienone is 1. The second-order valence-electron chi connectivity index (χ2n) is 3.47. The van der Waals surface area contributed by atoms with Gasteiger partial charge >= 0.3 is 0 Å². The average molecular weight is 282 g/mol. The maximum Gasteiger partial charge on any atom is 0.124 e. The second-order valence-corrected chi connectivity index (χ2v) is 6.24. The van der Waals surface area contributed by atoms with E-state index in [2.05, 4.69) is 45.7 Å². The summed E-state index contributed by atoms with van der Waals surface area (Å²) in [6, 6.07) is 0. The van der Waals surface area contributed by atoms with Crippen molar-refractivity contribution in [1.82, 2.24) is 0 Å². The van der Waals surface area contributed by atoms with E-state index in [0.29, 0.717) is 5.92 Å². The van der Waals surface area contributed by atoms with E-state index in [-0.39, 0.29) is 11.3 Å². The third kappa shape index (κ3) is 1.75. The number of carbonyl (C=O) groups excluding carboxylic acids is 1. The largest absolute Gasteiger partial charge is 0.303 e. The van der Waals surface area contributed by atoms with E-state index in [1.54, 1.807) is 0 Å². The van der Waals surface area contributed by atoms with Crippen LogP contribution in [0.2, 0.25) is 0 Å². The van der Waals surface area contributed by atoms with Gasteiger partial charge in [0.2, 0.25) is 0 Å². The first-order valence-corrected chi connectivity index (χ1v) is 5.07. The van der Waals surface area contributed by atoms with Gasteiger partial charge in [-0.1, -0.05) is 19.9 Å². The normalized spacial score (nSPS) is 32.7. The van der Waals surface area contributed by atoms with Crippen LogP contribution in [0.3, 0.4) is 0 Å². The lowest BCUT2D eigenvalue weighted by molar-refractivity contribution is -0.109. The van der Waals surface area contributed by atoms with Crippen LogP contribution < -0.4 is 0 Å². The van der Waals surface area contributed by atoms with Gasteiger partial charge in [-0.3, -0.25) is 0 Å². The molecule has 0 amide bonds. The maximum absolute atomic E-state index is 10.5. The van der Waals surface area contributed by atoms with Gasteiger partial charge in [0.15, 0.2) is 0 Å². The minimum atomic E-state index is 0.161. The Morgan fingerprint density at radius 2 is 1.91 bits per heavy atom. The lowest BCUT2D eigenvalue weighted by Gasteiger charge is -1.95. The van der Waals surface area contributed by atoms with Crippen LogP contribution in [-0.2, 0) is 4.79 Å². The zero-order chi connectivity index (χ0) is 8.65. The summed E-state index contributed by atoms with van der Waals surface area (Å²) in [7, 11) is 0. The quantitative estimate of drug-likeness (QED) is 0.711. The Morgan fingerprint density at radius 3 is 2.18 bits per heavy atom. The fraction of sp³-hybridized carbons (Fsp3) is 0.625. The van der Waals surface area contributed by atoms with Crippen LogP contribution in [0.15, 0.2) is 9.47 Å². The fourth-order valence-corrected chi connectivity index (χ4v) is 2.00. The van der Waals surface area contributed by atoms with Crippen LogP contribution in [0.4, 0.5) is 0 Å². The molecule has 62 valence electrons. The molecule has 1 fully saturated rings. The summed E-state index contributed by atoms with van der Waals surface area (Å²) >= 11 is 6.57. The van der Waals surface area contributed by atoms with Crippen molar-refractivity contribution in [1.29, 1.82) is 0 Å². The Morgan fingerprint density at radius 1 is 1.36 bits per heavy atom. The van der Waals surface area contributed by atoms with Crippen molar-refractivity contribution >= 4 is 38.1 Å². The van der Waals surface area contributed by atoms with Gasteiger partial charge < -0.3 is 4.79 Å². The van der Waals surface area contributed by atoms with Crippen LogP contribution in [0.1, 0.15) is 13.8 Å². The summed E-state index contributed by atoms with van der Waals surface area (Å²) in [5.41, 5.74) is 0.161. The highest BCUT2D eigenvalue weighted by Gasteiger charge is 2.56. The van der Waals surface area contributed by atoms with Gasteiger partial charge in [0, 0.05) is 5.92 Å². The van der Waals surface area contributed by atoms with Gasteiger partial charge in [-0.2, -0.15) is 0 Å². The van der Waals surface area contributed by atoms with Crippen molar-refractivity contribution in [2.45, 2.75) is 13.8 Å². The molecule has 0 aromatic rings. The van der Waals surface area contributed by atoms with Gasteiger partial charge in [0.25, 0.3) is 0 Å². The Bertz CT molecular complexity index is 204. The molecule has 0 bridgehead atoms. The topological polar surface area (TPSA) is 17.1 Å². The Labute approximate surface area is 83.5 Å². The molecule has 1 nitrogen and oxygen atoms in total. The molecule has 0 aromatic heterocycles. The van der Waals surface area contributed by atoms with Gasteiger partial charge in [-0.05, 0) is 43.2 Å². The van der Waals surface area contributed by atoms with Crippen LogP contribution in [-0.4, -0.2) is 6.29 Å². The predicted octanol–water partition coefficient (Wildman–Crippen LogP) is 3.09. The molecule has 0 saturated heterocycles. The van der Waals surface area contributed by atoms with Crippen LogP contribution in [0.5, 0.6) is 0 Å². The van der Waals surface area contributed by atoms with E-state index in [1.165, 1.54) is 0 Å². The van der Waals surface area contributed by atoms with Crippen molar-refractivity contribution in [3.63, 3.8) is 0 Å². The zero-order valence-corrected chi connectivity index (χ0v) is 9.65. The number of halogens is 2. The molecule has 2 atom stereocenters. The molecule has 0 aromatic carbocycles. The third-order valence-corrected chi connectivity index (χ3v) is 2.98. The highest BCUT2D eigenvalue weighted by molar-refractivity contribution is 9.28.